The van der Waals surface area contributed by atoms with Crippen LogP contribution in [0.25, 0.3) is 10.9 Å². The predicted molar refractivity (Wildman–Crippen MR) is 111 cm³/mol. The van der Waals surface area contributed by atoms with Crippen LogP contribution in [0.15, 0.2) is 24.3 Å². The lowest BCUT2D eigenvalue weighted by molar-refractivity contribution is -0.126. The minimum atomic E-state index is -0.302. The quantitative estimate of drug-likeness (QED) is 0.832. The number of piperidine rings is 2. The lowest BCUT2D eigenvalue weighted by Crippen LogP contribution is -2.51. The molecule has 2 N–H and O–H groups in total. The summed E-state index contributed by atoms with van der Waals surface area (Å²) < 4.78 is 0. The molecule has 3 saturated heterocycles. The van der Waals surface area contributed by atoms with Crippen LogP contribution in [-0.4, -0.2) is 59.1 Å². The summed E-state index contributed by atoms with van der Waals surface area (Å²) in [6.45, 7) is 3.55. The highest BCUT2D eigenvalue weighted by molar-refractivity contribution is 6.05. The summed E-state index contributed by atoms with van der Waals surface area (Å²) in [4.78, 5) is 29.7. The molecule has 5 rings (SSSR count). The zero-order valence-corrected chi connectivity index (χ0v) is 16.8. The number of aromatic nitrogens is 2. The number of nitrogens with zero attached hydrogens (tertiary/aromatic N) is 3. The Kier molecular flexibility index (Phi) is 4.99. The molecule has 0 bridgehead atoms. The number of H-pyrrole nitrogens is 1. The molecular formula is C22H29N5O2. The Morgan fingerprint density at radius 1 is 1.17 bits per heavy atom. The Bertz CT molecular complexity index is 907. The Balaban J connectivity index is 1.21. The van der Waals surface area contributed by atoms with Crippen molar-refractivity contribution in [1.29, 1.82) is 0 Å². The molecule has 0 aliphatic carbocycles. The van der Waals surface area contributed by atoms with Gasteiger partial charge in [-0.05, 0) is 56.8 Å². The molecule has 1 aromatic heterocycles. The molecule has 7 heteroatoms. The number of benzene rings is 1. The smallest absolute Gasteiger partial charge is 0.229 e. The molecule has 0 saturated carbocycles. The lowest BCUT2D eigenvalue weighted by Gasteiger charge is -2.44. The van der Waals surface area contributed by atoms with Crippen molar-refractivity contribution in [1.82, 2.24) is 20.4 Å². The van der Waals surface area contributed by atoms with Gasteiger partial charge in [-0.15, -0.1) is 0 Å². The number of carbonyl (C=O) groups is 2. The monoisotopic (exact) mass is 395 g/mol. The van der Waals surface area contributed by atoms with Crippen molar-refractivity contribution >= 4 is 28.5 Å². The minimum Gasteiger partial charge on any atom is -0.355 e. The van der Waals surface area contributed by atoms with Crippen LogP contribution in [0.3, 0.4) is 0 Å². The maximum atomic E-state index is 12.8. The fourth-order valence-corrected chi connectivity index (χ4v) is 5.43. The van der Waals surface area contributed by atoms with Crippen LogP contribution in [0.5, 0.6) is 0 Å². The van der Waals surface area contributed by atoms with Gasteiger partial charge in [-0.2, -0.15) is 5.10 Å². The molecule has 0 spiro atoms. The molecule has 2 aromatic rings. The molecule has 1 unspecified atom stereocenters. The van der Waals surface area contributed by atoms with Crippen LogP contribution in [0.2, 0.25) is 0 Å². The van der Waals surface area contributed by atoms with Crippen molar-refractivity contribution in [3.8, 4) is 0 Å². The molecule has 0 radical (unpaired) electrons. The first-order valence-corrected chi connectivity index (χ1v) is 11.0. The van der Waals surface area contributed by atoms with Crippen LogP contribution in [-0.2, 0) is 9.59 Å². The van der Waals surface area contributed by atoms with Gasteiger partial charge < -0.3 is 10.2 Å². The summed E-state index contributed by atoms with van der Waals surface area (Å²) in [6, 6.07) is 8.38. The summed E-state index contributed by atoms with van der Waals surface area (Å²) in [5, 5.41) is 11.4. The fraction of sp³-hybridized carbons (Fsp3) is 0.591. The summed E-state index contributed by atoms with van der Waals surface area (Å²) in [6.07, 6.45) is 6.53. The summed E-state index contributed by atoms with van der Waals surface area (Å²) in [5.74, 6) is 0.846. The van der Waals surface area contributed by atoms with Crippen molar-refractivity contribution in [2.45, 2.75) is 44.6 Å². The van der Waals surface area contributed by atoms with Gasteiger partial charge in [0, 0.05) is 30.9 Å². The van der Waals surface area contributed by atoms with Crippen LogP contribution < -0.4 is 10.2 Å². The number of nitrogens with one attached hydrogen (secondary N) is 2. The van der Waals surface area contributed by atoms with Gasteiger partial charge in [0.2, 0.25) is 11.8 Å². The van der Waals surface area contributed by atoms with E-state index in [9.17, 15) is 9.59 Å². The van der Waals surface area contributed by atoms with E-state index in [-0.39, 0.29) is 24.2 Å². The fourth-order valence-electron chi connectivity index (χ4n) is 5.43. The molecule has 7 nitrogen and oxygen atoms in total. The third-order valence-corrected chi connectivity index (χ3v) is 6.97. The SMILES string of the molecule is O=C(NC[C@@H]1CCCN2CCCC[C@H]12)C1CC(=O)N(c2n[nH]c3ccccc23)C1. The summed E-state index contributed by atoms with van der Waals surface area (Å²) in [5.41, 5.74) is 0.900. The van der Waals surface area contributed by atoms with Gasteiger partial charge >= 0.3 is 0 Å². The summed E-state index contributed by atoms with van der Waals surface area (Å²) >= 11 is 0. The molecule has 3 atom stereocenters. The van der Waals surface area contributed by atoms with E-state index in [1.54, 1.807) is 4.90 Å². The number of anilines is 1. The van der Waals surface area contributed by atoms with E-state index in [2.05, 4.69) is 20.4 Å². The molecule has 4 heterocycles. The first-order chi connectivity index (χ1) is 14.2. The van der Waals surface area contributed by atoms with Crippen molar-refractivity contribution in [2.75, 3.05) is 31.1 Å². The topological polar surface area (TPSA) is 81.3 Å². The van der Waals surface area contributed by atoms with Crippen LogP contribution in [0.1, 0.15) is 38.5 Å². The Labute approximate surface area is 170 Å². The van der Waals surface area contributed by atoms with E-state index in [0.29, 0.717) is 24.3 Å². The van der Waals surface area contributed by atoms with E-state index in [1.807, 2.05) is 24.3 Å². The maximum absolute atomic E-state index is 12.8. The second-order valence-corrected chi connectivity index (χ2v) is 8.74. The number of amides is 2. The average Bonchev–Trinajstić information content (AvgIpc) is 3.35. The normalized spacial score (nSPS) is 27.9. The maximum Gasteiger partial charge on any atom is 0.229 e. The highest BCUT2D eigenvalue weighted by Gasteiger charge is 2.38. The van der Waals surface area contributed by atoms with Crippen molar-refractivity contribution in [3.05, 3.63) is 24.3 Å². The van der Waals surface area contributed by atoms with Gasteiger partial charge in [-0.25, -0.2) is 0 Å². The standard InChI is InChI=1S/C22H29N5O2/c28-20-12-16(14-27(20)21-17-7-1-2-8-18(17)24-25-21)22(29)23-13-15-6-5-11-26-10-4-3-9-19(15)26/h1-2,7-8,15-16,19H,3-6,9-14H2,(H,23,29)(H,24,25)/t15-,16?,19+/m0/s1. The summed E-state index contributed by atoms with van der Waals surface area (Å²) in [7, 11) is 0. The number of hydrogen-bond donors (Lipinski definition) is 2. The predicted octanol–water partition coefficient (Wildman–Crippen LogP) is 2.30. The average molecular weight is 396 g/mol. The van der Waals surface area contributed by atoms with Gasteiger partial charge in [0.15, 0.2) is 5.82 Å². The molecule has 2 amide bonds. The van der Waals surface area contributed by atoms with Gasteiger partial charge in [0.05, 0.1) is 11.4 Å². The van der Waals surface area contributed by atoms with Crippen molar-refractivity contribution in [3.63, 3.8) is 0 Å². The van der Waals surface area contributed by atoms with Gasteiger partial charge in [-0.1, -0.05) is 18.6 Å². The first-order valence-electron chi connectivity index (χ1n) is 11.0. The Hall–Kier alpha value is -2.41. The lowest BCUT2D eigenvalue weighted by atomic mass is 9.83. The van der Waals surface area contributed by atoms with E-state index in [0.717, 1.165) is 17.4 Å². The van der Waals surface area contributed by atoms with Crippen molar-refractivity contribution < 1.29 is 9.59 Å². The van der Waals surface area contributed by atoms with Crippen LogP contribution in [0, 0.1) is 11.8 Å². The molecular weight excluding hydrogens is 366 g/mol. The number of carbonyl (C=O) groups excluding carboxylic acids is 2. The zero-order valence-electron chi connectivity index (χ0n) is 16.8. The van der Waals surface area contributed by atoms with E-state index < -0.39 is 0 Å². The molecule has 1 aromatic carbocycles. The van der Waals surface area contributed by atoms with Crippen LogP contribution in [0.4, 0.5) is 5.82 Å². The second kappa shape index (κ2) is 7.78. The number of hydrogen-bond acceptors (Lipinski definition) is 4. The van der Waals surface area contributed by atoms with Gasteiger partial charge in [0.25, 0.3) is 0 Å². The Morgan fingerprint density at radius 2 is 2.03 bits per heavy atom. The van der Waals surface area contributed by atoms with Gasteiger partial charge in [-0.3, -0.25) is 19.6 Å². The van der Waals surface area contributed by atoms with E-state index in [4.69, 9.17) is 0 Å². The molecule has 3 aliphatic heterocycles. The molecule has 3 fully saturated rings. The van der Waals surface area contributed by atoms with Crippen molar-refractivity contribution in [2.24, 2.45) is 11.8 Å². The van der Waals surface area contributed by atoms with Crippen LogP contribution >= 0.6 is 0 Å². The highest BCUT2D eigenvalue weighted by atomic mass is 16.2. The third kappa shape index (κ3) is 3.52. The molecule has 29 heavy (non-hydrogen) atoms. The van der Waals surface area contributed by atoms with Gasteiger partial charge in [0.1, 0.15) is 0 Å². The highest BCUT2D eigenvalue weighted by Crippen LogP contribution is 2.32. The zero-order chi connectivity index (χ0) is 19.8. The second-order valence-electron chi connectivity index (χ2n) is 8.74. The largest absolute Gasteiger partial charge is 0.355 e. The number of aromatic amines is 1. The van der Waals surface area contributed by atoms with E-state index in [1.165, 1.54) is 45.2 Å². The minimum absolute atomic E-state index is 0.00799. The first kappa shape index (κ1) is 18.6. The third-order valence-electron chi connectivity index (χ3n) is 6.97. The number of para-hydroxylation sites is 1. The number of fused-ring (bicyclic) bond motifs is 2. The molecule has 154 valence electrons. The Morgan fingerprint density at radius 3 is 2.97 bits per heavy atom. The number of rotatable bonds is 4. The molecule has 3 aliphatic rings. The van der Waals surface area contributed by atoms with E-state index >= 15 is 0 Å².